The van der Waals surface area contributed by atoms with Gasteiger partial charge in [-0.25, -0.2) is 13.6 Å². The van der Waals surface area contributed by atoms with Gasteiger partial charge in [-0.15, -0.1) is 0 Å². The lowest BCUT2D eigenvalue weighted by Crippen LogP contribution is -2.20. The second-order valence-corrected chi connectivity index (χ2v) is 2.46. The van der Waals surface area contributed by atoms with Crippen LogP contribution in [0.25, 0.3) is 0 Å². The predicted octanol–water partition coefficient (Wildman–Crippen LogP) is 0.593. The molecule has 1 heterocycles. The lowest BCUT2D eigenvalue weighted by Gasteiger charge is -2.04. The van der Waals surface area contributed by atoms with Crippen LogP contribution >= 0.6 is 0 Å². The SMILES string of the molecule is Nc1c(C(F)F)[nH]cc(C(=O)O)c1=O. The van der Waals surface area contributed by atoms with Crippen molar-refractivity contribution in [3.8, 4) is 0 Å². The van der Waals surface area contributed by atoms with Crippen LogP contribution in [0.3, 0.4) is 0 Å². The van der Waals surface area contributed by atoms with Crippen LogP contribution in [-0.2, 0) is 0 Å². The highest BCUT2D eigenvalue weighted by Gasteiger charge is 2.18. The van der Waals surface area contributed by atoms with E-state index in [1.54, 1.807) is 0 Å². The first-order valence-corrected chi connectivity index (χ1v) is 3.47. The Morgan fingerprint density at radius 2 is 2.14 bits per heavy atom. The Kier molecular flexibility index (Phi) is 2.50. The van der Waals surface area contributed by atoms with Gasteiger partial charge >= 0.3 is 5.97 Å². The largest absolute Gasteiger partial charge is 0.477 e. The molecule has 0 bridgehead atoms. The molecule has 14 heavy (non-hydrogen) atoms. The molecule has 0 aliphatic carbocycles. The van der Waals surface area contributed by atoms with Crippen molar-refractivity contribution in [1.29, 1.82) is 0 Å². The third-order valence-corrected chi connectivity index (χ3v) is 1.60. The van der Waals surface area contributed by atoms with Crippen LogP contribution in [0, 0.1) is 0 Å². The van der Waals surface area contributed by atoms with Crippen LogP contribution < -0.4 is 11.2 Å². The molecule has 0 atom stereocenters. The highest BCUT2D eigenvalue weighted by Crippen LogP contribution is 2.19. The Bertz CT molecular complexity index is 427. The number of H-pyrrole nitrogens is 1. The number of alkyl halides is 2. The molecule has 0 saturated carbocycles. The Morgan fingerprint density at radius 3 is 2.57 bits per heavy atom. The maximum Gasteiger partial charge on any atom is 0.341 e. The van der Waals surface area contributed by atoms with E-state index >= 15 is 0 Å². The van der Waals surface area contributed by atoms with Crippen molar-refractivity contribution in [2.75, 3.05) is 5.73 Å². The second kappa shape index (κ2) is 3.44. The van der Waals surface area contributed by atoms with Crippen molar-refractivity contribution in [1.82, 2.24) is 4.98 Å². The van der Waals surface area contributed by atoms with Crippen molar-refractivity contribution in [2.24, 2.45) is 0 Å². The normalized spacial score (nSPS) is 10.5. The predicted molar refractivity (Wildman–Crippen MR) is 43.4 cm³/mol. The molecule has 0 unspecified atom stereocenters. The van der Waals surface area contributed by atoms with Gasteiger partial charge in [-0.3, -0.25) is 4.79 Å². The zero-order valence-electron chi connectivity index (χ0n) is 6.75. The lowest BCUT2D eigenvalue weighted by molar-refractivity contribution is 0.0694. The number of nitrogens with two attached hydrogens (primary N) is 1. The van der Waals surface area contributed by atoms with E-state index in [0.717, 1.165) is 0 Å². The maximum atomic E-state index is 12.1. The summed E-state index contributed by atoms with van der Waals surface area (Å²) in [6.45, 7) is 0. The lowest BCUT2D eigenvalue weighted by atomic mass is 10.2. The van der Waals surface area contributed by atoms with E-state index in [1.165, 1.54) is 0 Å². The van der Waals surface area contributed by atoms with E-state index in [-0.39, 0.29) is 0 Å². The average Bonchev–Trinajstić information content (AvgIpc) is 2.08. The van der Waals surface area contributed by atoms with Gasteiger partial charge in [0.05, 0.1) is 0 Å². The molecule has 0 amide bonds. The number of carboxylic acids is 1. The Morgan fingerprint density at radius 1 is 1.57 bits per heavy atom. The number of hydrogen-bond donors (Lipinski definition) is 3. The summed E-state index contributed by atoms with van der Waals surface area (Å²) in [7, 11) is 0. The third-order valence-electron chi connectivity index (χ3n) is 1.60. The highest BCUT2D eigenvalue weighted by atomic mass is 19.3. The molecule has 4 N–H and O–H groups in total. The summed E-state index contributed by atoms with van der Waals surface area (Å²) in [5, 5.41) is 8.46. The van der Waals surface area contributed by atoms with E-state index in [2.05, 4.69) is 0 Å². The smallest absolute Gasteiger partial charge is 0.341 e. The van der Waals surface area contributed by atoms with Gasteiger partial charge in [0, 0.05) is 6.20 Å². The fourth-order valence-electron chi connectivity index (χ4n) is 0.900. The number of aromatic carboxylic acids is 1. The summed E-state index contributed by atoms with van der Waals surface area (Å²) in [6, 6.07) is 0. The van der Waals surface area contributed by atoms with Crippen molar-refractivity contribution < 1.29 is 18.7 Å². The van der Waals surface area contributed by atoms with Gasteiger partial charge in [-0.05, 0) is 0 Å². The van der Waals surface area contributed by atoms with Gasteiger partial charge in [0.15, 0.2) is 0 Å². The van der Waals surface area contributed by atoms with Crippen molar-refractivity contribution in [3.05, 3.63) is 27.7 Å². The summed E-state index contributed by atoms with van der Waals surface area (Å²) in [5.74, 6) is -1.52. The molecule has 0 saturated heterocycles. The topological polar surface area (TPSA) is 96.2 Å². The first-order valence-electron chi connectivity index (χ1n) is 3.47. The number of carboxylic acid groups (broad SMARTS) is 1. The molecule has 5 nitrogen and oxygen atoms in total. The number of halogens is 2. The van der Waals surface area contributed by atoms with Gasteiger partial charge in [0.2, 0.25) is 5.43 Å². The number of aromatic nitrogens is 1. The molecule has 1 rings (SSSR count). The van der Waals surface area contributed by atoms with Crippen LogP contribution in [0.2, 0.25) is 0 Å². The van der Waals surface area contributed by atoms with Crippen LogP contribution in [0.15, 0.2) is 11.0 Å². The molecule has 76 valence electrons. The van der Waals surface area contributed by atoms with Gasteiger partial charge in [0.1, 0.15) is 16.9 Å². The molecule has 0 spiro atoms. The van der Waals surface area contributed by atoms with Crippen molar-refractivity contribution in [2.45, 2.75) is 6.43 Å². The second-order valence-electron chi connectivity index (χ2n) is 2.46. The Hall–Kier alpha value is -1.92. The first-order chi connectivity index (χ1) is 6.45. The standard InChI is InChI=1S/C7H6F2N2O3/c8-6(9)4-3(10)5(12)2(1-11-4)7(13)14/h1,6H,10H2,(H,11,12)(H,13,14). The number of aromatic amines is 1. The summed E-state index contributed by atoms with van der Waals surface area (Å²) >= 11 is 0. The number of carbonyl (C=O) groups is 1. The molecule has 0 aromatic carbocycles. The van der Waals surface area contributed by atoms with E-state index in [0.29, 0.717) is 6.20 Å². The molecule has 7 heteroatoms. The van der Waals surface area contributed by atoms with E-state index in [1.807, 2.05) is 4.98 Å². The zero-order valence-corrected chi connectivity index (χ0v) is 6.75. The fourth-order valence-corrected chi connectivity index (χ4v) is 0.900. The summed E-state index contributed by atoms with van der Waals surface area (Å²) in [4.78, 5) is 23.4. The van der Waals surface area contributed by atoms with Gasteiger partial charge in [-0.1, -0.05) is 0 Å². The minimum absolute atomic E-state index is 0.660. The third kappa shape index (κ3) is 1.56. The van der Waals surface area contributed by atoms with Crippen molar-refractivity contribution in [3.63, 3.8) is 0 Å². The van der Waals surface area contributed by atoms with Crippen LogP contribution in [0.1, 0.15) is 22.5 Å². The highest BCUT2D eigenvalue weighted by molar-refractivity contribution is 5.88. The minimum Gasteiger partial charge on any atom is -0.477 e. The summed E-state index contributed by atoms with van der Waals surface area (Å²) in [6.07, 6.45) is -2.24. The number of hydrogen-bond acceptors (Lipinski definition) is 3. The minimum atomic E-state index is -2.94. The molecule has 0 aliphatic rings. The number of rotatable bonds is 2. The Labute approximate surface area is 76.2 Å². The average molecular weight is 204 g/mol. The van der Waals surface area contributed by atoms with Crippen LogP contribution in [-0.4, -0.2) is 16.1 Å². The van der Waals surface area contributed by atoms with Crippen LogP contribution in [0.4, 0.5) is 14.5 Å². The molecular weight excluding hydrogens is 198 g/mol. The summed E-state index contributed by atoms with van der Waals surface area (Å²) < 4.78 is 24.3. The number of anilines is 1. The molecular formula is C7H6F2N2O3. The quantitative estimate of drug-likeness (QED) is 0.656. The number of nitrogens with one attached hydrogen (secondary N) is 1. The van der Waals surface area contributed by atoms with E-state index in [4.69, 9.17) is 10.8 Å². The fraction of sp³-hybridized carbons (Fsp3) is 0.143. The number of nitrogen functional groups attached to an aromatic ring is 1. The van der Waals surface area contributed by atoms with Crippen LogP contribution in [0.5, 0.6) is 0 Å². The van der Waals surface area contributed by atoms with Gasteiger partial charge < -0.3 is 15.8 Å². The molecule has 0 fully saturated rings. The van der Waals surface area contributed by atoms with E-state index < -0.39 is 34.8 Å². The van der Waals surface area contributed by atoms with Gasteiger partial charge in [-0.2, -0.15) is 0 Å². The molecule has 0 aliphatic heterocycles. The molecule has 1 aromatic rings. The number of pyridine rings is 1. The zero-order chi connectivity index (χ0) is 10.9. The molecule has 0 radical (unpaired) electrons. The van der Waals surface area contributed by atoms with Crippen molar-refractivity contribution >= 4 is 11.7 Å². The summed E-state index contributed by atoms with van der Waals surface area (Å²) in [5.41, 5.74) is 1.74. The maximum absolute atomic E-state index is 12.1. The first kappa shape index (κ1) is 10.2. The Balaban J connectivity index is 3.42. The molecule has 1 aromatic heterocycles. The van der Waals surface area contributed by atoms with E-state index in [9.17, 15) is 18.4 Å². The van der Waals surface area contributed by atoms with Gasteiger partial charge in [0.25, 0.3) is 6.43 Å². The monoisotopic (exact) mass is 204 g/mol.